The molecule has 7 heteroatoms. The van der Waals surface area contributed by atoms with Crippen LogP contribution in [0.25, 0.3) is 22.2 Å². The summed E-state index contributed by atoms with van der Waals surface area (Å²) < 4.78 is 33.1. The normalized spacial score (nSPS) is 20.5. The first-order chi connectivity index (χ1) is 17.9. The van der Waals surface area contributed by atoms with Gasteiger partial charge in [0, 0.05) is 60.7 Å². The lowest BCUT2D eigenvalue weighted by molar-refractivity contribution is 0.0697. The number of fused-ring (bicyclic) bond motifs is 5. The van der Waals surface area contributed by atoms with E-state index in [0.717, 1.165) is 73.2 Å². The Bertz CT molecular complexity index is 1280. The lowest BCUT2D eigenvalue weighted by Gasteiger charge is -2.31. The number of aromatic carboxylic acids is 1. The standard InChI is InChI=1S/C30H37F2N3O2/c1-3-33(4-2)14-15-34-16-17-35-27-18-20(30(36)37)12-13-23(27)28(22-8-5-6-10-25(22)31)29(35)21-9-7-11-26(32)24(21)19-34/h7,9,11-13,18,22,25H,3-6,8,10,14-17,19H2,1-2H3,(H,36,37)/t22-,25-/m0/s1. The number of nitrogens with zero attached hydrogens (tertiary/aromatic N) is 3. The second-order valence-corrected chi connectivity index (χ2v) is 10.4. The number of carboxylic acid groups (broad SMARTS) is 1. The number of benzene rings is 2. The highest BCUT2D eigenvalue weighted by atomic mass is 19.1. The molecule has 2 aromatic carbocycles. The van der Waals surface area contributed by atoms with Gasteiger partial charge in [-0.3, -0.25) is 4.90 Å². The van der Waals surface area contributed by atoms with E-state index in [4.69, 9.17) is 0 Å². The van der Waals surface area contributed by atoms with Crippen molar-refractivity contribution in [3.8, 4) is 11.3 Å². The average Bonchev–Trinajstić information content (AvgIpc) is 3.20. The van der Waals surface area contributed by atoms with Gasteiger partial charge in [-0.05, 0) is 49.7 Å². The van der Waals surface area contributed by atoms with E-state index in [1.807, 2.05) is 12.1 Å². The molecule has 2 atom stereocenters. The van der Waals surface area contributed by atoms with Gasteiger partial charge in [-0.2, -0.15) is 0 Å². The minimum Gasteiger partial charge on any atom is -0.478 e. The number of hydrogen-bond donors (Lipinski definition) is 1. The predicted octanol–water partition coefficient (Wildman–Crippen LogP) is 6.30. The molecule has 0 saturated heterocycles. The van der Waals surface area contributed by atoms with Gasteiger partial charge in [-0.15, -0.1) is 0 Å². The maximum atomic E-state index is 15.5. The highest BCUT2D eigenvalue weighted by molar-refractivity contribution is 5.98. The zero-order chi connectivity index (χ0) is 26.1. The van der Waals surface area contributed by atoms with Crippen LogP contribution >= 0.6 is 0 Å². The van der Waals surface area contributed by atoms with Crippen molar-refractivity contribution < 1.29 is 18.7 Å². The smallest absolute Gasteiger partial charge is 0.335 e. The van der Waals surface area contributed by atoms with Gasteiger partial charge in [0.25, 0.3) is 0 Å². The summed E-state index contributed by atoms with van der Waals surface area (Å²) in [5.74, 6) is -1.52. The van der Waals surface area contributed by atoms with Crippen molar-refractivity contribution in [2.75, 3.05) is 32.7 Å². The molecule has 0 radical (unpaired) electrons. The average molecular weight is 510 g/mol. The molecule has 2 aliphatic rings. The van der Waals surface area contributed by atoms with Gasteiger partial charge in [0.05, 0.1) is 11.3 Å². The number of rotatable bonds is 7. The molecule has 1 aliphatic heterocycles. The molecule has 1 N–H and O–H groups in total. The van der Waals surface area contributed by atoms with Crippen LogP contribution < -0.4 is 0 Å². The predicted molar refractivity (Wildman–Crippen MR) is 143 cm³/mol. The van der Waals surface area contributed by atoms with E-state index in [0.29, 0.717) is 31.6 Å². The van der Waals surface area contributed by atoms with E-state index in [1.165, 1.54) is 6.07 Å². The van der Waals surface area contributed by atoms with Crippen molar-refractivity contribution in [1.82, 2.24) is 14.4 Å². The highest BCUT2D eigenvalue weighted by Crippen LogP contribution is 2.46. The van der Waals surface area contributed by atoms with E-state index in [2.05, 4.69) is 28.2 Å². The lowest BCUT2D eigenvalue weighted by Crippen LogP contribution is -2.37. The fraction of sp³-hybridized carbons (Fsp3) is 0.500. The molecule has 198 valence electrons. The van der Waals surface area contributed by atoms with Gasteiger partial charge in [0.1, 0.15) is 12.0 Å². The van der Waals surface area contributed by atoms with E-state index >= 15 is 8.78 Å². The summed E-state index contributed by atoms with van der Waals surface area (Å²) in [6, 6.07) is 10.4. The fourth-order valence-corrected chi connectivity index (χ4v) is 6.32. The van der Waals surface area contributed by atoms with Gasteiger partial charge in [-0.1, -0.05) is 44.9 Å². The topological polar surface area (TPSA) is 48.7 Å². The molecule has 1 saturated carbocycles. The molecule has 0 spiro atoms. The second kappa shape index (κ2) is 10.9. The zero-order valence-corrected chi connectivity index (χ0v) is 21.9. The first-order valence-corrected chi connectivity index (χ1v) is 13.7. The maximum absolute atomic E-state index is 15.5. The van der Waals surface area contributed by atoms with Crippen LogP contribution in [-0.4, -0.2) is 64.3 Å². The Labute approximate surface area is 217 Å². The number of aromatic nitrogens is 1. The zero-order valence-electron chi connectivity index (χ0n) is 21.9. The highest BCUT2D eigenvalue weighted by Gasteiger charge is 2.34. The SMILES string of the molecule is CCN(CC)CCN1CCn2c(c([C@H]3CCCC[C@@H]3F)c3ccc(C(=O)O)cc32)-c2cccc(F)c2C1. The third kappa shape index (κ3) is 4.91. The Morgan fingerprint density at radius 1 is 1.11 bits per heavy atom. The molecule has 1 fully saturated rings. The summed E-state index contributed by atoms with van der Waals surface area (Å²) in [7, 11) is 0. The Hall–Kier alpha value is -2.77. The van der Waals surface area contributed by atoms with Crippen LogP contribution in [0.15, 0.2) is 36.4 Å². The third-order valence-corrected chi connectivity index (χ3v) is 8.43. The summed E-state index contributed by atoms with van der Waals surface area (Å²) >= 11 is 0. The van der Waals surface area contributed by atoms with Crippen molar-refractivity contribution in [2.24, 2.45) is 0 Å². The number of hydrogen-bond acceptors (Lipinski definition) is 3. The number of halogens is 2. The van der Waals surface area contributed by atoms with Crippen molar-refractivity contribution in [2.45, 2.75) is 64.7 Å². The molecule has 2 heterocycles. The monoisotopic (exact) mass is 509 g/mol. The van der Waals surface area contributed by atoms with E-state index in [-0.39, 0.29) is 17.3 Å². The van der Waals surface area contributed by atoms with Crippen LogP contribution in [0, 0.1) is 5.82 Å². The van der Waals surface area contributed by atoms with Gasteiger partial charge in [0.2, 0.25) is 0 Å². The van der Waals surface area contributed by atoms with Crippen molar-refractivity contribution >= 4 is 16.9 Å². The molecule has 37 heavy (non-hydrogen) atoms. The number of alkyl halides is 1. The molecule has 3 aromatic rings. The minimum absolute atomic E-state index is 0.208. The van der Waals surface area contributed by atoms with Crippen molar-refractivity contribution in [1.29, 1.82) is 0 Å². The van der Waals surface area contributed by atoms with E-state index in [1.54, 1.807) is 18.2 Å². The Morgan fingerprint density at radius 3 is 2.62 bits per heavy atom. The van der Waals surface area contributed by atoms with Crippen LogP contribution in [0.4, 0.5) is 8.78 Å². The Morgan fingerprint density at radius 2 is 1.89 bits per heavy atom. The summed E-state index contributed by atoms with van der Waals surface area (Å²) in [5.41, 5.74) is 4.22. The first kappa shape index (κ1) is 25.9. The molecule has 5 rings (SSSR count). The van der Waals surface area contributed by atoms with Crippen LogP contribution in [0.3, 0.4) is 0 Å². The summed E-state index contributed by atoms with van der Waals surface area (Å²) in [6.45, 7) is 9.77. The maximum Gasteiger partial charge on any atom is 0.335 e. The third-order valence-electron chi connectivity index (χ3n) is 8.43. The Balaban J connectivity index is 1.70. The fourth-order valence-electron chi connectivity index (χ4n) is 6.32. The summed E-state index contributed by atoms with van der Waals surface area (Å²) in [6.07, 6.45) is 2.14. The number of likely N-dealkylation sites (N-methyl/N-ethyl adjacent to an activating group) is 1. The van der Waals surface area contributed by atoms with Gasteiger partial charge in [-0.25, -0.2) is 13.6 Å². The summed E-state index contributed by atoms with van der Waals surface area (Å²) in [5, 5.41) is 10.6. The van der Waals surface area contributed by atoms with Crippen LogP contribution in [-0.2, 0) is 13.1 Å². The van der Waals surface area contributed by atoms with Crippen LogP contribution in [0.1, 0.15) is 66.9 Å². The molecular weight excluding hydrogens is 472 g/mol. The quantitative estimate of drug-likeness (QED) is 0.406. The number of carboxylic acids is 1. The van der Waals surface area contributed by atoms with Crippen molar-refractivity contribution in [3.63, 3.8) is 0 Å². The minimum atomic E-state index is -0.988. The summed E-state index contributed by atoms with van der Waals surface area (Å²) in [4.78, 5) is 16.5. The van der Waals surface area contributed by atoms with Gasteiger partial charge >= 0.3 is 5.97 Å². The largest absolute Gasteiger partial charge is 0.478 e. The van der Waals surface area contributed by atoms with Gasteiger partial charge < -0.3 is 14.6 Å². The van der Waals surface area contributed by atoms with Gasteiger partial charge in [0.15, 0.2) is 0 Å². The molecule has 1 aliphatic carbocycles. The first-order valence-electron chi connectivity index (χ1n) is 13.7. The van der Waals surface area contributed by atoms with E-state index in [9.17, 15) is 9.90 Å². The second-order valence-electron chi connectivity index (χ2n) is 10.4. The van der Waals surface area contributed by atoms with Crippen molar-refractivity contribution in [3.05, 3.63) is 58.9 Å². The molecule has 5 nitrogen and oxygen atoms in total. The lowest BCUT2D eigenvalue weighted by atomic mass is 9.80. The van der Waals surface area contributed by atoms with E-state index < -0.39 is 12.1 Å². The Kier molecular flexibility index (Phi) is 7.63. The molecule has 0 unspecified atom stereocenters. The molecular formula is C30H37F2N3O2. The number of carbonyl (C=O) groups is 1. The molecule has 1 aromatic heterocycles. The molecule has 0 amide bonds. The van der Waals surface area contributed by atoms with Crippen LogP contribution in [0.2, 0.25) is 0 Å². The molecule has 0 bridgehead atoms. The van der Waals surface area contributed by atoms with Crippen LogP contribution in [0.5, 0.6) is 0 Å².